The number of rotatable bonds is 4. The molecule has 0 aliphatic carbocycles. The van der Waals surface area contributed by atoms with Gasteiger partial charge >= 0.3 is 0 Å². The van der Waals surface area contributed by atoms with Gasteiger partial charge in [-0.2, -0.15) is 0 Å². The van der Waals surface area contributed by atoms with Gasteiger partial charge in [0.05, 0.1) is 4.88 Å². The Morgan fingerprint density at radius 2 is 1.90 bits per heavy atom. The number of benzene rings is 1. The fourth-order valence-corrected chi connectivity index (χ4v) is 3.29. The smallest absolute Gasteiger partial charge is 0.263 e. The number of carbonyl (C=O) groups excluding carboxylic acids is 1. The average molecular weight is 303 g/mol. The number of nitrogens with zero attached hydrogens (tertiary/aromatic N) is 1. The third-order valence-electron chi connectivity index (χ3n) is 3.52. The minimum atomic E-state index is 0.0944. The fraction of sp³-hybridized carbons (Fsp3) is 0.312. The lowest BCUT2D eigenvalue weighted by molar-refractivity contribution is 0.0778. The van der Waals surface area contributed by atoms with Gasteiger partial charge in [-0.25, -0.2) is 0 Å². The zero-order chi connectivity index (χ0) is 14.8. The second-order valence-electron chi connectivity index (χ2n) is 4.71. The maximum absolute atomic E-state index is 12.3. The molecule has 0 saturated heterocycles. The largest absolute Gasteiger partial charge is 0.454 e. The van der Waals surface area contributed by atoms with Gasteiger partial charge in [-0.05, 0) is 49.7 Å². The summed E-state index contributed by atoms with van der Waals surface area (Å²) in [5, 5.41) is 0. The summed E-state index contributed by atoms with van der Waals surface area (Å²) in [6.45, 7) is 5.72. The molecular weight excluding hydrogens is 286 g/mol. The number of carbonyl (C=O) groups is 1. The van der Waals surface area contributed by atoms with E-state index in [9.17, 15) is 4.79 Å². The molecule has 0 fully saturated rings. The van der Waals surface area contributed by atoms with Crippen molar-refractivity contribution >= 4 is 17.2 Å². The summed E-state index contributed by atoms with van der Waals surface area (Å²) in [7, 11) is 0. The molecule has 0 unspecified atom stereocenters. The standard InChI is InChI=1S/C16H17NO3S/c1-3-17(4-2)16(18)15-8-7-14(21-15)11-5-6-12-13(9-11)20-10-19-12/h5-9H,3-4,10H2,1-2H3. The lowest BCUT2D eigenvalue weighted by Crippen LogP contribution is -2.29. The first kappa shape index (κ1) is 13.9. The van der Waals surface area contributed by atoms with Gasteiger partial charge in [0.15, 0.2) is 11.5 Å². The zero-order valence-electron chi connectivity index (χ0n) is 12.1. The van der Waals surface area contributed by atoms with E-state index in [0.717, 1.165) is 39.9 Å². The molecule has 0 saturated carbocycles. The van der Waals surface area contributed by atoms with E-state index in [1.165, 1.54) is 11.3 Å². The molecular formula is C16H17NO3S. The zero-order valence-corrected chi connectivity index (χ0v) is 12.9. The van der Waals surface area contributed by atoms with Gasteiger partial charge in [-0.3, -0.25) is 4.79 Å². The van der Waals surface area contributed by atoms with E-state index < -0.39 is 0 Å². The number of thiophene rings is 1. The van der Waals surface area contributed by atoms with Gasteiger partial charge in [0.1, 0.15) is 0 Å². The van der Waals surface area contributed by atoms with Crippen LogP contribution in [-0.2, 0) is 0 Å². The van der Waals surface area contributed by atoms with E-state index in [1.807, 2.05) is 49.1 Å². The molecule has 1 aromatic heterocycles. The molecule has 3 rings (SSSR count). The molecule has 2 heterocycles. The van der Waals surface area contributed by atoms with Crippen molar-refractivity contribution in [2.75, 3.05) is 19.9 Å². The van der Waals surface area contributed by atoms with Crippen LogP contribution in [0.3, 0.4) is 0 Å². The van der Waals surface area contributed by atoms with Crippen molar-refractivity contribution in [1.82, 2.24) is 4.90 Å². The van der Waals surface area contributed by atoms with Gasteiger partial charge in [-0.15, -0.1) is 11.3 Å². The number of hydrogen-bond donors (Lipinski definition) is 0. The SMILES string of the molecule is CCN(CC)C(=O)c1ccc(-c2ccc3c(c2)OCO3)s1. The van der Waals surface area contributed by atoms with Crippen molar-refractivity contribution < 1.29 is 14.3 Å². The van der Waals surface area contributed by atoms with Crippen LogP contribution in [0.15, 0.2) is 30.3 Å². The summed E-state index contributed by atoms with van der Waals surface area (Å²) in [4.78, 5) is 16.0. The third-order valence-corrected chi connectivity index (χ3v) is 4.65. The van der Waals surface area contributed by atoms with E-state index in [2.05, 4.69) is 0 Å². The summed E-state index contributed by atoms with van der Waals surface area (Å²) in [6.07, 6.45) is 0. The van der Waals surface area contributed by atoms with Gasteiger partial charge in [0.25, 0.3) is 5.91 Å². The van der Waals surface area contributed by atoms with E-state index >= 15 is 0 Å². The molecule has 1 amide bonds. The molecule has 1 aromatic carbocycles. The molecule has 0 atom stereocenters. The van der Waals surface area contributed by atoms with Crippen molar-refractivity contribution in [3.8, 4) is 21.9 Å². The maximum atomic E-state index is 12.3. The van der Waals surface area contributed by atoms with Crippen LogP contribution in [-0.4, -0.2) is 30.7 Å². The fourth-order valence-electron chi connectivity index (χ4n) is 2.32. The van der Waals surface area contributed by atoms with Crippen LogP contribution in [0.1, 0.15) is 23.5 Å². The minimum absolute atomic E-state index is 0.0944. The van der Waals surface area contributed by atoms with Gasteiger partial charge in [-0.1, -0.05) is 0 Å². The molecule has 110 valence electrons. The Bertz CT molecular complexity index is 661. The molecule has 5 heteroatoms. The first-order valence-electron chi connectivity index (χ1n) is 7.02. The highest BCUT2D eigenvalue weighted by Gasteiger charge is 2.17. The Hall–Kier alpha value is -2.01. The molecule has 2 aromatic rings. The molecule has 0 radical (unpaired) electrons. The summed E-state index contributed by atoms with van der Waals surface area (Å²) >= 11 is 1.51. The molecule has 21 heavy (non-hydrogen) atoms. The van der Waals surface area contributed by atoms with E-state index in [4.69, 9.17) is 9.47 Å². The lowest BCUT2D eigenvalue weighted by Gasteiger charge is -2.17. The Morgan fingerprint density at radius 3 is 2.67 bits per heavy atom. The third kappa shape index (κ3) is 2.61. The molecule has 1 aliphatic heterocycles. The van der Waals surface area contributed by atoms with Crippen LogP contribution < -0.4 is 9.47 Å². The van der Waals surface area contributed by atoms with Crippen LogP contribution in [0.25, 0.3) is 10.4 Å². The average Bonchev–Trinajstić information content (AvgIpc) is 3.16. The van der Waals surface area contributed by atoms with Crippen molar-refractivity contribution in [1.29, 1.82) is 0 Å². The Kier molecular flexibility index (Phi) is 3.84. The number of fused-ring (bicyclic) bond motifs is 1. The molecule has 0 bridgehead atoms. The maximum Gasteiger partial charge on any atom is 0.263 e. The molecule has 4 nitrogen and oxygen atoms in total. The minimum Gasteiger partial charge on any atom is -0.454 e. The van der Waals surface area contributed by atoms with Crippen LogP contribution >= 0.6 is 11.3 Å². The summed E-state index contributed by atoms with van der Waals surface area (Å²) in [5.74, 6) is 1.63. The summed E-state index contributed by atoms with van der Waals surface area (Å²) < 4.78 is 10.7. The first-order chi connectivity index (χ1) is 10.2. The molecule has 1 aliphatic rings. The number of amides is 1. The van der Waals surface area contributed by atoms with Crippen LogP contribution in [0.4, 0.5) is 0 Å². The predicted molar refractivity (Wildman–Crippen MR) is 83.1 cm³/mol. The highest BCUT2D eigenvalue weighted by molar-refractivity contribution is 7.17. The second kappa shape index (κ2) is 5.77. The number of hydrogen-bond acceptors (Lipinski definition) is 4. The number of ether oxygens (including phenoxy) is 2. The van der Waals surface area contributed by atoms with Crippen molar-refractivity contribution in [3.05, 3.63) is 35.2 Å². The Labute approximate surface area is 127 Å². The predicted octanol–water partition coefficient (Wildman–Crippen LogP) is 3.63. The van der Waals surface area contributed by atoms with E-state index in [0.29, 0.717) is 0 Å². The summed E-state index contributed by atoms with van der Waals surface area (Å²) in [5.41, 5.74) is 1.04. The Balaban J connectivity index is 1.86. The van der Waals surface area contributed by atoms with E-state index in [-0.39, 0.29) is 12.7 Å². The molecule has 0 spiro atoms. The van der Waals surface area contributed by atoms with Crippen LogP contribution in [0, 0.1) is 0 Å². The summed E-state index contributed by atoms with van der Waals surface area (Å²) in [6, 6.07) is 9.73. The van der Waals surface area contributed by atoms with Gasteiger partial charge in [0, 0.05) is 18.0 Å². The first-order valence-corrected chi connectivity index (χ1v) is 7.83. The van der Waals surface area contributed by atoms with Crippen LogP contribution in [0.5, 0.6) is 11.5 Å². The normalized spacial score (nSPS) is 12.5. The second-order valence-corrected chi connectivity index (χ2v) is 5.79. The molecule has 0 N–H and O–H groups in total. The highest BCUT2D eigenvalue weighted by Crippen LogP contribution is 2.38. The monoisotopic (exact) mass is 303 g/mol. The topological polar surface area (TPSA) is 38.8 Å². The lowest BCUT2D eigenvalue weighted by atomic mass is 10.1. The van der Waals surface area contributed by atoms with Crippen molar-refractivity contribution in [2.24, 2.45) is 0 Å². The van der Waals surface area contributed by atoms with E-state index in [1.54, 1.807) is 0 Å². The quantitative estimate of drug-likeness (QED) is 0.866. The van der Waals surface area contributed by atoms with Crippen molar-refractivity contribution in [2.45, 2.75) is 13.8 Å². The van der Waals surface area contributed by atoms with Crippen LogP contribution in [0.2, 0.25) is 0 Å². The van der Waals surface area contributed by atoms with Crippen molar-refractivity contribution in [3.63, 3.8) is 0 Å². The Morgan fingerprint density at radius 1 is 1.14 bits per heavy atom. The van der Waals surface area contributed by atoms with Gasteiger partial charge < -0.3 is 14.4 Å². The highest BCUT2D eigenvalue weighted by atomic mass is 32.1. The van der Waals surface area contributed by atoms with Gasteiger partial charge in [0.2, 0.25) is 6.79 Å².